The molecule has 3 nitrogen and oxygen atoms in total. The van der Waals surface area contributed by atoms with Crippen LogP contribution in [0, 0.1) is 0 Å². The Morgan fingerprint density at radius 3 is 2.53 bits per heavy atom. The maximum Gasteiger partial charge on any atom is 0.152 e. The Balaban J connectivity index is 2.74. The highest BCUT2D eigenvalue weighted by Crippen LogP contribution is 2.14. The van der Waals surface area contributed by atoms with E-state index in [1.165, 1.54) is 0 Å². The molecule has 0 saturated carbocycles. The zero-order valence-electron chi connectivity index (χ0n) is 8.54. The predicted octanol–water partition coefficient (Wildman–Crippen LogP) is 2.81. The number of para-hydroxylation sites is 1. The van der Waals surface area contributed by atoms with Crippen molar-refractivity contribution in [3.63, 3.8) is 0 Å². The number of benzene rings is 1. The average Bonchev–Trinajstić information content (AvgIpc) is 2.27. The minimum absolute atomic E-state index is 0.214. The van der Waals surface area contributed by atoms with Crippen molar-refractivity contribution in [2.75, 3.05) is 12.5 Å². The van der Waals surface area contributed by atoms with Gasteiger partial charge >= 0.3 is 0 Å². The maximum absolute atomic E-state index is 9.44. The SMILES string of the molecule is CSC(=NN=Cc1ccccc1O)SC. The second-order valence-corrected chi connectivity index (χ2v) is 4.43. The standard InChI is InChI=1S/C10H12N2OS2/c1-14-10(15-2)12-11-7-8-5-3-4-6-9(8)13/h3-7,13H,1-2H3. The Labute approximate surface area is 97.7 Å². The summed E-state index contributed by atoms with van der Waals surface area (Å²) in [5.74, 6) is 0.214. The Bertz CT molecular complexity index is 371. The van der Waals surface area contributed by atoms with Crippen molar-refractivity contribution in [3.05, 3.63) is 29.8 Å². The number of nitrogens with zero attached hydrogens (tertiary/aromatic N) is 2. The molecule has 0 aliphatic carbocycles. The zero-order valence-corrected chi connectivity index (χ0v) is 10.2. The van der Waals surface area contributed by atoms with Crippen molar-refractivity contribution in [3.8, 4) is 5.75 Å². The molecule has 15 heavy (non-hydrogen) atoms. The van der Waals surface area contributed by atoms with Crippen molar-refractivity contribution in [1.29, 1.82) is 0 Å². The van der Waals surface area contributed by atoms with Gasteiger partial charge in [-0.05, 0) is 24.6 Å². The van der Waals surface area contributed by atoms with Crippen LogP contribution < -0.4 is 0 Å². The minimum atomic E-state index is 0.214. The lowest BCUT2D eigenvalue weighted by Gasteiger charge is -1.95. The molecule has 0 unspecified atom stereocenters. The highest BCUT2D eigenvalue weighted by Gasteiger charge is 1.94. The molecule has 80 valence electrons. The molecule has 1 rings (SSSR count). The molecule has 0 radical (unpaired) electrons. The van der Waals surface area contributed by atoms with Crippen molar-refractivity contribution in [2.45, 2.75) is 0 Å². The molecule has 0 aliphatic heterocycles. The van der Waals surface area contributed by atoms with E-state index in [2.05, 4.69) is 10.2 Å². The van der Waals surface area contributed by atoms with Gasteiger partial charge in [0.05, 0.1) is 6.21 Å². The number of hydrogen-bond donors (Lipinski definition) is 1. The number of aromatic hydroxyl groups is 1. The van der Waals surface area contributed by atoms with Crippen LogP contribution in [0.5, 0.6) is 5.75 Å². The van der Waals surface area contributed by atoms with Crippen LogP contribution in [0.4, 0.5) is 0 Å². The van der Waals surface area contributed by atoms with E-state index in [1.54, 1.807) is 47.9 Å². The van der Waals surface area contributed by atoms with Gasteiger partial charge in [-0.25, -0.2) is 0 Å². The van der Waals surface area contributed by atoms with Crippen LogP contribution in [0.25, 0.3) is 0 Å². The molecule has 0 heterocycles. The summed E-state index contributed by atoms with van der Waals surface area (Å²) in [6, 6.07) is 7.02. The predicted molar refractivity (Wildman–Crippen MR) is 70.2 cm³/mol. The fourth-order valence-electron chi connectivity index (χ4n) is 0.900. The molecule has 1 aromatic carbocycles. The molecule has 0 amide bonds. The van der Waals surface area contributed by atoms with Gasteiger partial charge in [-0.3, -0.25) is 0 Å². The first kappa shape index (κ1) is 12.1. The van der Waals surface area contributed by atoms with E-state index >= 15 is 0 Å². The van der Waals surface area contributed by atoms with Crippen molar-refractivity contribution in [2.24, 2.45) is 10.2 Å². The van der Waals surface area contributed by atoms with Crippen LogP contribution in [0.2, 0.25) is 0 Å². The lowest BCUT2D eigenvalue weighted by Crippen LogP contribution is -1.83. The van der Waals surface area contributed by atoms with Gasteiger partial charge in [-0.1, -0.05) is 12.1 Å². The Morgan fingerprint density at radius 1 is 1.27 bits per heavy atom. The van der Waals surface area contributed by atoms with Crippen LogP contribution in [-0.4, -0.2) is 28.2 Å². The van der Waals surface area contributed by atoms with Gasteiger partial charge in [-0.2, -0.15) is 5.10 Å². The molecule has 0 bridgehead atoms. The van der Waals surface area contributed by atoms with Gasteiger partial charge in [0, 0.05) is 5.56 Å². The lowest BCUT2D eigenvalue weighted by molar-refractivity contribution is 0.474. The second-order valence-electron chi connectivity index (χ2n) is 2.58. The Hall–Kier alpha value is -0.940. The maximum atomic E-state index is 9.44. The third kappa shape index (κ3) is 3.97. The first-order valence-electron chi connectivity index (χ1n) is 4.25. The lowest BCUT2D eigenvalue weighted by atomic mass is 10.2. The summed E-state index contributed by atoms with van der Waals surface area (Å²) in [5.41, 5.74) is 0.669. The smallest absolute Gasteiger partial charge is 0.152 e. The summed E-state index contributed by atoms with van der Waals surface area (Å²) in [6.07, 6.45) is 5.44. The molecular formula is C10H12N2OS2. The minimum Gasteiger partial charge on any atom is -0.507 e. The number of rotatable bonds is 2. The van der Waals surface area contributed by atoms with Crippen molar-refractivity contribution in [1.82, 2.24) is 0 Å². The third-order valence-electron chi connectivity index (χ3n) is 1.62. The van der Waals surface area contributed by atoms with E-state index in [0.29, 0.717) is 5.56 Å². The third-order valence-corrected chi connectivity index (χ3v) is 3.48. The molecule has 0 atom stereocenters. The fourth-order valence-corrected chi connectivity index (χ4v) is 1.82. The monoisotopic (exact) mass is 240 g/mol. The molecule has 0 saturated heterocycles. The highest BCUT2D eigenvalue weighted by molar-refractivity contribution is 8.38. The van der Waals surface area contributed by atoms with Gasteiger partial charge in [0.15, 0.2) is 4.38 Å². The van der Waals surface area contributed by atoms with Crippen LogP contribution >= 0.6 is 23.5 Å². The van der Waals surface area contributed by atoms with Gasteiger partial charge in [0.2, 0.25) is 0 Å². The zero-order chi connectivity index (χ0) is 11.1. The molecular weight excluding hydrogens is 228 g/mol. The van der Waals surface area contributed by atoms with E-state index in [1.807, 2.05) is 18.6 Å². The molecule has 1 aromatic rings. The number of phenolic OH excluding ortho intramolecular Hbond substituents is 1. The summed E-state index contributed by atoms with van der Waals surface area (Å²) in [7, 11) is 0. The summed E-state index contributed by atoms with van der Waals surface area (Å²) in [6.45, 7) is 0. The normalized spacial score (nSPS) is 10.5. The molecule has 0 fully saturated rings. The first-order chi connectivity index (χ1) is 7.27. The molecule has 1 N–H and O–H groups in total. The van der Waals surface area contributed by atoms with Gasteiger partial charge in [0.25, 0.3) is 0 Å². The molecule has 0 aromatic heterocycles. The number of phenols is 1. The van der Waals surface area contributed by atoms with E-state index in [9.17, 15) is 5.11 Å². The van der Waals surface area contributed by atoms with Gasteiger partial charge in [0.1, 0.15) is 5.75 Å². The molecule has 0 spiro atoms. The van der Waals surface area contributed by atoms with Gasteiger partial charge in [-0.15, -0.1) is 28.6 Å². The number of hydrogen-bond acceptors (Lipinski definition) is 5. The van der Waals surface area contributed by atoms with Crippen LogP contribution in [0.1, 0.15) is 5.56 Å². The molecule has 0 aliphatic rings. The topological polar surface area (TPSA) is 45.0 Å². The average molecular weight is 240 g/mol. The largest absolute Gasteiger partial charge is 0.507 e. The van der Waals surface area contributed by atoms with E-state index in [4.69, 9.17) is 0 Å². The molecule has 5 heteroatoms. The second kappa shape index (κ2) is 6.53. The van der Waals surface area contributed by atoms with Crippen LogP contribution in [0.15, 0.2) is 34.5 Å². The fraction of sp³-hybridized carbons (Fsp3) is 0.200. The van der Waals surface area contributed by atoms with E-state index < -0.39 is 0 Å². The van der Waals surface area contributed by atoms with Crippen LogP contribution in [0.3, 0.4) is 0 Å². The summed E-state index contributed by atoms with van der Waals surface area (Å²) >= 11 is 3.09. The van der Waals surface area contributed by atoms with E-state index in [-0.39, 0.29) is 5.75 Å². The Morgan fingerprint density at radius 2 is 1.93 bits per heavy atom. The van der Waals surface area contributed by atoms with Crippen molar-refractivity contribution < 1.29 is 5.11 Å². The van der Waals surface area contributed by atoms with Gasteiger partial charge < -0.3 is 5.11 Å². The van der Waals surface area contributed by atoms with Crippen LogP contribution in [-0.2, 0) is 0 Å². The quantitative estimate of drug-likeness (QED) is 0.491. The summed E-state index contributed by atoms with van der Waals surface area (Å²) in [4.78, 5) is 0. The van der Waals surface area contributed by atoms with Crippen molar-refractivity contribution >= 4 is 34.1 Å². The van der Waals surface area contributed by atoms with E-state index in [0.717, 1.165) is 4.38 Å². The Kier molecular flexibility index (Phi) is 5.28. The number of thioether (sulfide) groups is 2. The first-order valence-corrected chi connectivity index (χ1v) is 6.70. The highest BCUT2D eigenvalue weighted by atomic mass is 32.2. The summed E-state index contributed by atoms with van der Waals surface area (Å²) < 4.78 is 0.890. The summed E-state index contributed by atoms with van der Waals surface area (Å²) in [5, 5.41) is 17.3.